The number of methoxy groups -OCH3 is 1. The lowest BCUT2D eigenvalue weighted by Gasteiger charge is -2.41. The molecular weight excluding hydrogens is 252 g/mol. The van der Waals surface area contributed by atoms with Crippen LogP contribution in [0.25, 0.3) is 0 Å². The van der Waals surface area contributed by atoms with Crippen molar-refractivity contribution in [2.24, 2.45) is 11.8 Å². The summed E-state index contributed by atoms with van der Waals surface area (Å²) in [4.78, 5) is 0. The summed E-state index contributed by atoms with van der Waals surface area (Å²) in [7, 11) is 1.66. The highest BCUT2D eigenvalue weighted by Crippen LogP contribution is 2.46. The molecule has 3 atom stereocenters. The number of benzene rings is 1. The molecule has 20 heavy (non-hydrogen) atoms. The number of hydrogen-bond acceptors (Lipinski definition) is 3. The molecule has 0 heterocycles. The van der Waals surface area contributed by atoms with Gasteiger partial charge < -0.3 is 14.6 Å². The Kier molecular flexibility index (Phi) is 5.06. The van der Waals surface area contributed by atoms with E-state index in [1.54, 1.807) is 7.11 Å². The van der Waals surface area contributed by atoms with E-state index in [-0.39, 0.29) is 5.92 Å². The third-order valence-electron chi connectivity index (χ3n) is 4.49. The van der Waals surface area contributed by atoms with Crippen LogP contribution in [0.3, 0.4) is 0 Å². The molecule has 0 radical (unpaired) electrons. The maximum atomic E-state index is 11.2. The Morgan fingerprint density at radius 1 is 1.25 bits per heavy atom. The van der Waals surface area contributed by atoms with E-state index < -0.39 is 5.60 Å². The molecule has 0 aliphatic heterocycles. The molecule has 0 spiro atoms. The van der Waals surface area contributed by atoms with Gasteiger partial charge in [-0.25, -0.2) is 0 Å². The zero-order chi connectivity index (χ0) is 14.6. The maximum absolute atomic E-state index is 11.2. The van der Waals surface area contributed by atoms with Crippen LogP contribution in [0.5, 0.6) is 5.75 Å². The lowest BCUT2D eigenvalue weighted by atomic mass is 9.69. The average Bonchev–Trinajstić information content (AvgIpc) is 2.44. The Balaban J connectivity index is 2.22. The molecule has 0 bridgehead atoms. The summed E-state index contributed by atoms with van der Waals surface area (Å²) in [5, 5.41) is 11.2. The molecule has 112 valence electrons. The van der Waals surface area contributed by atoms with Crippen LogP contribution in [0.4, 0.5) is 0 Å². The molecule has 0 aromatic heterocycles. The Morgan fingerprint density at radius 3 is 2.70 bits per heavy atom. The van der Waals surface area contributed by atoms with Gasteiger partial charge >= 0.3 is 0 Å². The molecular formula is C17H26O3. The van der Waals surface area contributed by atoms with Crippen LogP contribution in [0.15, 0.2) is 24.3 Å². The van der Waals surface area contributed by atoms with Gasteiger partial charge in [0.15, 0.2) is 0 Å². The number of ether oxygens (including phenoxy) is 2. The second-order valence-corrected chi connectivity index (χ2v) is 6.04. The van der Waals surface area contributed by atoms with Crippen LogP contribution < -0.4 is 4.74 Å². The first-order chi connectivity index (χ1) is 9.58. The summed E-state index contributed by atoms with van der Waals surface area (Å²) in [5.74, 6) is 1.72. The van der Waals surface area contributed by atoms with Gasteiger partial charge in [-0.3, -0.25) is 0 Å². The average molecular weight is 278 g/mol. The van der Waals surface area contributed by atoms with E-state index in [9.17, 15) is 5.11 Å². The molecule has 3 heteroatoms. The minimum absolute atomic E-state index is 0.249. The van der Waals surface area contributed by atoms with Crippen molar-refractivity contribution in [2.45, 2.75) is 38.7 Å². The molecule has 1 aliphatic carbocycles. The zero-order valence-electron chi connectivity index (χ0n) is 12.8. The van der Waals surface area contributed by atoms with E-state index in [2.05, 4.69) is 13.8 Å². The van der Waals surface area contributed by atoms with E-state index >= 15 is 0 Å². The molecule has 3 unspecified atom stereocenters. The van der Waals surface area contributed by atoms with Crippen LogP contribution in [-0.4, -0.2) is 25.4 Å². The number of rotatable bonds is 5. The Morgan fingerprint density at radius 2 is 2.00 bits per heavy atom. The van der Waals surface area contributed by atoms with Crippen LogP contribution in [0, 0.1) is 11.8 Å². The Hall–Kier alpha value is -1.06. The van der Waals surface area contributed by atoms with Crippen molar-refractivity contribution in [2.75, 3.05) is 20.3 Å². The van der Waals surface area contributed by atoms with Crippen molar-refractivity contribution >= 4 is 0 Å². The van der Waals surface area contributed by atoms with Crippen molar-refractivity contribution in [1.82, 2.24) is 0 Å². The van der Waals surface area contributed by atoms with Gasteiger partial charge in [-0.15, -0.1) is 0 Å². The second kappa shape index (κ2) is 6.59. The van der Waals surface area contributed by atoms with Crippen molar-refractivity contribution in [3.8, 4) is 5.75 Å². The summed E-state index contributed by atoms with van der Waals surface area (Å²) < 4.78 is 10.8. The fourth-order valence-electron chi connectivity index (χ4n) is 3.21. The van der Waals surface area contributed by atoms with Gasteiger partial charge in [-0.05, 0) is 37.2 Å². The van der Waals surface area contributed by atoms with Gasteiger partial charge in [0.25, 0.3) is 0 Å². The van der Waals surface area contributed by atoms with E-state index in [4.69, 9.17) is 9.47 Å². The zero-order valence-corrected chi connectivity index (χ0v) is 12.8. The van der Waals surface area contributed by atoms with Crippen LogP contribution >= 0.6 is 0 Å². The fraction of sp³-hybridized carbons (Fsp3) is 0.647. The monoisotopic (exact) mass is 278 g/mol. The molecule has 1 aromatic rings. The van der Waals surface area contributed by atoms with Gasteiger partial charge in [0.05, 0.1) is 12.2 Å². The smallest absolute Gasteiger partial charge is 0.125 e. The first-order valence-corrected chi connectivity index (χ1v) is 7.51. The fourth-order valence-corrected chi connectivity index (χ4v) is 3.21. The molecule has 1 fully saturated rings. The maximum Gasteiger partial charge on any atom is 0.125 e. The second-order valence-electron chi connectivity index (χ2n) is 6.04. The van der Waals surface area contributed by atoms with Gasteiger partial charge in [0, 0.05) is 12.7 Å². The summed E-state index contributed by atoms with van der Waals surface area (Å²) in [6.45, 7) is 5.46. The van der Waals surface area contributed by atoms with Crippen molar-refractivity contribution in [3.05, 3.63) is 29.8 Å². The van der Waals surface area contributed by atoms with E-state index in [1.807, 2.05) is 24.3 Å². The van der Waals surface area contributed by atoms with Crippen molar-refractivity contribution in [3.63, 3.8) is 0 Å². The van der Waals surface area contributed by atoms with Crippen molar-refractivity contribution < 1.29 is 14.6 Å². The molecule has 3 nitrogen and oxygen atoms in total. The summed E-state index contributed by atoms with van der Waals surface area (Å²) in [6, 6.07) is 7.86. The molecule has 0 saturated heterocycles. The van der Waals surface area contributed by atoms with E-state index in [0.29, 0.717) is 19.1 Å². The summed E-state index contributed by atoms with van der Waals surface area (Å²) >= 11 is 0. The first-order valence-electron chi connectivity index (χ1n) is 7.51. The number of hydrogen-bond donors (Lipinski definition) is 1. The van der Waals surface area contributed by atoms with Crippen LogP contribution in [0.2, 0.25) is 0 Å². The highest BCUT2D eigenvalue weighted by molar-refractivity contribution is 5.38. The summed E-state index contributed by atoms with van der Waals surface area (Å²) in [6.07, 6.45) is 2.93. The topological polar surface area (TPSA) is 38.7 Å². The quantitative estimate of drug-likeness (QED) is 0.839. The van der Waals surface area contributed by atoms with Gasteiger partial charge in [-0.1, -0.05) is 32.0 Å². The third-order valence-corrected chi connectivity index (χ3v) is 4.49. The molecule has 1 aliphatic rings. The minimum atomic E-state index is -0.768. The largest absolute Gasteiger partial charge is 0.491 e. The van der Waals surface area contributed by atoms with Gasteiger partial charge in [0.1, 0.15) is 12.4 Å². The van der Waals surface area contributed by atoms with Crippen LogP contribution in [-0.2, 0) is 10.3 Å². The highest BCUT2D eigenvalue weighted by Gasteiger charge is 2.41. The molecule has 0 amide bonds. The summed E-state index contributed by atoms with van der Waals surface area (Å²) in [5.41, 5.74) is 0.159. The van der Waals surface area contributed by atoms with E-state index in [1.165, 1.54) is 0 Å². The standard InChI is InChI=1S/C17H26O3/c1-13-8-9-17(18,14(2)12-13)15-6-4-5-7-16(15)20-11-10-19-3/h4-7,13-14,18H,8-12H2,1-3H3. The normalized spacial score (nSPS) is 30.2. The van der Waals surface area contributed by atoms with Crippen LogP contribution in [0.1, 0.15) is 38.7 Å². The Labute approximate surface area is 121 Å². The molecule has 2 rings (SSSR count). The third kappa shape index (κ3) is 3.15. The predicted molar refractivity (Wildman–Crippen MR) is 79.9 cm³/mol. The first kappa shape index (κ1) is 15.3. The molecule has 1 saturated carbocycles. The van der Waals surface area contributed by atoms with Gasteiger partial charge in [0.2, 0.25) is 0 Å². The lowest BCUT2D eigenvalue weighted by molar-refractivity contribution is -0.0606. The number of aliphatic hydroxyl groups is 1. The lowest BCUT2D eigenvalue weighted by Crippen LogP contribution is -2.39. The minimum Gasteiger partial charge on any atom is -0.491 e. The predicted octanol–water partition coefficient (Wildman–Crippen LogP) is 3.36. The molecule has 1 N–H and O–H groups in total. The van der Waals surface area contributed by atoms with Crippen molar-refractivity contribution in [1.29, 1.82) is 0 Å². The van der Waals surface area contributed by atoms with E-state index in [0.717, 1.165) is 30.6 Å². The Bertz CT molecular complexity index is 432. The number of para-hydroxylation sites is 1. The highest BCUT2D eigenvalue weighted by atomic mass is 16.5. The molecule has 1 aromatic carbocycles. The van der Waals surface area contributed by atoms with Gasteiger partial charge in [-0.2, -0.15) is 0 Å². The SMILES string of the molecule is COCCOc1ccccc1C1(O)CCC(C)CC1C.